The van der Waals surface area contributed by atoms with Crippen LogP contribution in [0.5, 0.6) is 0 Å². The lowest BCUT2D eigenvalue weighted by molar-refractivity contribution is -0.148. The number of aryl methyl sites for hydroxylation is 1. The zero-order chi connectivity index (χ0) is 36.3. The van der Waals surface area contributed by atoms with Crippen LogP contribution < -0.4 is 10.6 Å². The van der Waals surface area contributed by atoms with Gasteiger partial charge in [-0.3, -0.25) is 25.1 Å². The van der Waals surface area contributed by atoms with Gasteiger partial charge in [-0.05, 0) is 75.1 Å². The first-order chi connectivity index (χ1) is 24.0. The standard InChI is InChI=1S/C37H51N7O6/c1-6-8-9-12-21-50-36(48)41-34(38)26-13-16-28(17-14-26)39-24-31-40-29-22-27(15-18-30(29)43(31)5)37(3,35(47)44-19-10-11-20-44)25-42(4)32(45)23-33(46)49-7-2/h13-18,22,39H,6-12,19-21,23-25H2,1-5H3,(H2,38,41,48). The van der Waals surface area contributed by atoms with Crippen molar-refractivity contribution in [3.63, 3.8) is 0 Å². The monoisotopic (exact) mass is 689 g/mol. The number of carbonyl (C=O) groups is 4. The van der Waals surface area contributed by atoms with Crippen LogP contribution in [0.2, 0.25) is 0 Å². The first-order valence-electron chi connectivity index (χ1n) is 17.5. The lowest BCUT2D eigenvalue weighted by Gasteiger charge is -2.36. The molecule has 3 N–H and O–H groups in total. The number of esters is 1. The van der Waals surface area contributed by atoms with Crippen LogP contribution in [0.15, 0.2) is 42.5 Å². The van der Waals surface area contributed by atoms with E-state index >= 15 is 0 Å². The Morgan fingerprint density at radius 3 is 2.40 bits per heavy atom. The van der Waals surface area contributed by atoms with Gasteiger partial charge in [-0.15, -0.1) is 0 Å². The fourth-order valence-electron chi connectivity index (χ4n) is 6.18. The second kappa shape index (κ2) is 17.6. The van der Waals surface area contributed by atoms with Crippen molar-refractivity contribution in [1.82, 2.24) is 24.7 Å². The Labute approximate surface area is 294 Å². The maximum atomic E-state index is 14.0. The van der Waals surface area contributed by atoms with E-state index in [1.165, 1.54) is 4.90 Å². The number of hydrogen-bond donors (Lipinski definition) is 3. The van der Waals surface area contributed by atoms with Crippen LogP contribution in [-0.2, 0) is 42.9 Å². The number of carbonyl (C=O) groups excluding carboxylic acids is 4. The molecule has 13 heteroatoms. The van der Waals surface area contributed by atoms with Gasteiger partial charge in [-0.25, -0.2) is 9.78 Å². The normalized spacial score (nSPS) is 13.8. The van der Waals surface area contributed by atoms with Crippen molar-refractivity contribution in [2.75, 3.05) is 45.2 Å². The molecule has 1 atom stereocenters. The quantitative estimate of drug-likeness (QED) is 0.0616. The van der Waals surface area contributed by atoms with Gasteiger partial charge in [0.2, 0.25) is 11.8 Å². The zero-order valence-electron chi connectivity index (χ0n) is 30.0. The summed E-state index contributed by atoms with van der Waals surface area (Å²) in [6.07, 6.45) is 4.87. The molecular weight excluding hydrogens is 638 g/mol. The third-order valence-electron chi connectivity index (χ3n) is 9.14. The molecule has 0 radical (unpaired) electrons. The minimum absolute atomic E-state index is 0.0361. The van der Waals surface area contributed by atoms with E-state index in [1.807, 2.05) is 53.8 Å². The smallest absolute Gasteiger partial charge is 0.412 e. The van der Waals surface area contributed by atoms with Gasteiger partial charge < -0.3 is 29.2 Å². The number of rotatable bonds is 16. The van der Waals surface area contributed by atoms with E-state index in [0.717, 1.165) is 66.6 Å². The minimum Gasteiger partial charge on any atom is -0.466 e. The second-order valence-corrected chi connectivity index (χ2v) is 13.0. The molecule has 0 aliphatic carbocycles. The number of nitrogens with one attached hydrogen (secondary N) is 3. The number of amidine groups is 1. The number of fused-ring (bicyclic) bond motifs is 1. The summed E-state index contributed by atoms with van der Waals surface area (Å²) in [5, 5.41) is 14.1. The van der Waals surface area contributed by atoms with E-state index in [-0.39, 0.29) is 31.3 Å². The summed E-state index contributed by atoms with van der Waals surface area (Å²) in [4.78, 5) is 59.2. The van der Waals surface area contributed by atoms with E-state index in [9.17, 15) is 19.2 Å². The number of hydrogen-bond acceptors (Lipinski definition) is 9. The minimum atomic E-state index is -1.07. The van der Waals surface area contributed by atoms with Gasteiger partial charge in [-0.1, -0.05) is 32.3 Å². The summed E-state index contributed by atoms with van der Waals surface area (Å²) in [5.41, 5.74) is 2.64. The van der Waals surface area contributed by atoms with Crippen LogP contribution in [0.4, 0.5) is 10.5 Å². The average molecular weight is 690 g/mol. The van der Waals surface area contributed by atoms with Crippen molar-refractivity contribution in [2.24, 2.45) is 7.05 Å². The Balaban J connectivity index is 1.44. The molecule has 1 aliphatic heterocycles. The van der Waals surface area contributed by atoms with Crippen LogP contribution in [0, 0.1) is 5.41 Å². The lowest BCUT2D eigenvalue weighted by Crippen LogP contribution is -2.51. The Kier molecular flexibility index (Phi) is 13.4. The number of ether oxygens (including phenoxy) is 2. The number of amides is 3. The molecule has 0 saturated carbocycles. The highest BCUT2D eigenvalue weighted by Gasteiger charge is 2.41. The maximum Gasteiger partial charge on any atom is 0.412 e. The third kappa shape index (κ3) is 9.60. The third-order valence-corrected chi connectivity index (χ3v) is 9.14. The van der Waals surface area contributed by atoms with E-state index in [1.54, 1.807) is 26.1 Å². The van der Waals surface area contributed by atoms with Gasteiger partial charge in [0.25, 0.3) is 0 Å². The summed E-state index contributed by atoms with van der Waals surface area (Å²) in [7, 11) is 3.54. The van der Waals surface area contributed by atoms with Crippen LogP contribution >= 0.6 is 0 Å². The molecule has 3 aromatic rings. The van der Waals surface area contributed by atoms with E-state index in [4.69, 9.17) is 19.9 Å². The van der Waals surface area contributed by atoms with Gasteiger partial charge in [0, 0.05) is 45.0 Å². The molecule has 1 saturated heterocycles. The molecule has 270 valence electrons. The molecule has 13 nitrogen and oxygen atoms in total. The fraction of sp³-hybridized carbons (Fsp3) is 0.514. The number of likely N-dealkylation sites (tertiary alicyclic amines) is 1. The fourth-order valence-corrected chi connectivity index (χ4v) is 6.18. The molecule has 2 aromatic carbocycles. The number of anilines is 1. The number of unbranched alkanes of at least 4 members (excludes halogenated alkanes) is 3. The first kappa shape index (κ1) is 37.9. The van der Waals surface area contributed by atoms with Crippen LogP contribution in [0.3, 0.4) is 0 Å². The predicted molar refractivity (Wildman–Crippen MR) is 192 cm³/mol. The molecule has 3 amide bonds. The number of alkyl carbamates (subject to hydrolysis) is 1. The van der Waals surface area contributed by atoms with Crippen molar-refractivity contribution >= 4 is 46.4 Å². The Morgan fingerprint density at radius 2 is 1.72 bits per heavy atom. The van der Waals surface area contributed by atoms with Gasteiger partial charge in [0.1, 0.15) is 18.1 Å². The molecular formula is C37H51N7O6. The van der Waals surface area contributed by atoms with Gasteiger partial charge in [-0.2, -0.15) is 0 Å². The zero-order valence-corrected chi connectivity index (χ0v) is 30.0. The van der Waals surface area contributed by atoms with Crippen molar-refractivity contribution in [3.05, 3.63) is 59.4 Å². The van der Waals surface area contributed by atoms with E-state index < -0.39 is 23.4 Å². The molecule has 0 bridgehead atoms. The van der Waals surface area contributed by atoms with Crippen molar-refractivity contribution < 1.29 is 28.7 Å². The molecule has 50 heavy (non-hydrogen) atoms. The van der Waals surface area contributed by atoms with Crippen LogP contribution in [-0.4, -0.2) is 89.0 Å². The molecule has 1 aliphatic rings. The SMILES string of the molecule is CCCCCCOC(=O)NC(=N)c1ccc(NCc2nc3cc(C(C)(CN(C)C(=O)CC(=O)OCC)C(=O)N4CCCC4)ccc3n2C)cc1. The number of aromatic nitrogens is 2. The molecule has 0 spiro atoms. The first-order valence-corrected chi connectivity index (χ1v) is 17.5. The molecule has 4 rings (SSSR count). The maximum absolute atomic E-state index is 14.0. The van der Waals surface area contributed by atoms with E-state index in [0.29, 0.717) is 31.8 Å². The van der Waals surface area contributed by atoms with Crippen molar-refractivity contribution in [1.29, 1.82) is 5.41 Å². The van der Waals surface area contributed by atoms with Crippen LogP contribution in [0.1, 0.15) is 82.7 Å². The Morgan fingerprint density at radius 1 is 1.00 bits per heavy atom. The van der Waals surface area contributed by atoms with Gasteiger partial charge in [0.05, 0.1) is 36.2 Å². The summed E-state index contributed by atoms with van der Waals surface area (Å²) in [6, 6.07) is 12.9. The second-order valence-electron chi connectivity index (χ2n) is 13.0. The molecule has 1 unspecified atom stereocenters. The Bertz CT molecular complexity index is 1660. The summed E-state index contributed by atoms with van der Waals surface area (Å²) in [6.45, 7) is 8.03. The van der Waals surface area contributed by atoms with E-state index in [2.05, 4.69) is 17.6 Å². The van der Waals surface area contributed by atoms with Gasteiger partial charge in [0.15, 0.2) is 0 Å². The largest absolute Gasteiger partial charge is 0.466 e. The number of imidazole rings is 1. The molecule has 1 fully saturated rings. The van der Waals surface area contributed by atoms with Crippen LogP contribution in [0.25, 0.3) is 11.0 Å². The summed E-state index contributed by atoms with van der Waals surface area (Å²) < 4.78 is 12.1. The predicted octanol–water partition coefficient (Wildman–Crippen LogP) is 5.11. The van der Waals surface area contributed by atoms with Crippen molar-refractivity contribution in [3.8, 4) is 0 Å². The summed E-state index contributed by atoms with van der Waals surface area (Å²) >= 11 is 0. The molecule has 2 heterocycles. The van der Waals surface area contributed by atoms with Gasteiger partial charge >= 0.3 is 12.1 Å². The Hall–Kier alpha value is -4.94. The van der Waals surface area contributed by atoms with Crippen molar-refractivity contribution in [2.45, 2.75) is 77.7 Å². The lowest BCUT2D eigenvalue weighted by atomic mass is 9.80. The number of benzene rings is 2. The highest BCUT2D eigenvalue weighted by atomic mass is 16.5. The highest BCUT2D eigenvalue weighted by molar-refractivity contribution is 6.04. The molecule has 1 aromatic heterocycles. The average Bonchev–Trinajstić information content (AvgIpc) is 3.75. The number of nitrogens with zero attached hydrogens (tertiary/aromatic N) is 4. The topological polar surface area (TPSA) is 159 Å². The number of likely N-dealkylation sites (N-methyl/N-ethyl adjacent to an activating group) is 1. The highest BCUT2D eigenvalue weighted by Crippen LogP contribution is 2.32. The summed E-state index contributed by atoms with van der Waals surface area (Å²) in [5.74, 6) is -0.328.